The highest BCUT2D eigenvalue weighted by Crippen LogP contribution is 2.01. The maximum absolute atomic E-state index is 3.45. The maximum Gasteiger partial charge on any atom is 0.0442 e. The zero-order valence-corrected chi connectivity index (χ0v) is 7.88. The first-order chi connectivity index (χ1) is 5.88. The van der Waals surface area contributed by atoms with E-state index >= 15 is 0 Å². The van der Waals surface area contributed by atoms with Gasteiger partial charge < -0.3 is 10.6 Å². The molecule has 1 aliphatic rings. The molecule has 1 heterocycles. The van der Waals surface area contributed by atoms with Crippen LogP contribution in [0.1, 0.15) is 13.8 Å². The van der Waals surface area contributed by atoms with Crippen molar-refractivity contribution in [2.45, 2.75) is 25.9 Å². The number of hydrogen-bond donors (Lipinski definition) is 2. The van der Waals surface area contributed by atoms with Gasteiger partial charge in [0.05, 0.1) is 0 Å². The van der Waals surface area contributed by atoms with E-state index in [1.807, 2.05) is 0 Å². The maximum atomic E-state index is 3.45. The van der Waals surface area contributed by atoms with Crippen molar-refractivity contribution < 1.29 is 0 Å². The first-order valence-corrected chi connectivity index (χ1v) is 4.61. The summed E-state index contributed by atoms with van der Waals surface area (Å²) in [7, 11) is 0. The van der Waals surface area contributed by atoms with Gasteiger partial charge >= 0.3 is 0 Å². The Morgan fingerprint density at radius 1 is 0.917 bits per heavy atom. The fraction of sp³-hybridized carbons (Fsp3) is 0.600. The molecule has 0 aromatic rings. The standard InChI is InChI=1S/C10H18N2/c1-3-5-9-10(6-4-2)12-8-7-11-9/h3-6,9-12H,7-8H2,1-2H3/b5-3+,6-4+/t9-,10-/m1/s1. The van der Waals surface area contributed by atoms with Crippen molar-refractivity contribution in [3.8, 4) is 0 Å². The van der Waals surface area contributed by atoms with Crippen molar-refractivity contribution in [1.29, 1.82) is 0 Å². The molecule has 0 bridgehead atoms. The second kappa shape index (κ2) is 5.12. The number of nitrogens with one attached hydrogen (secondary N) is 2. The lowest BCUT2D eigenvalue weighted by Crippen LogP contribution is -2.54. The second-order valence-corrected chi connectivity index (χ2v) is 3.01. The second-order valence-electron chi connectivity index (χ2n) is 3.01. The average Bonchev–Trinajstić information content (AvgIpc) is 2.09. The lowest BCUT2D eigenvalue weighted by molar-refractivity contribution is 0.410. The Morgan fingerprint density at radius 2 is 1.33 bits per heavy atom. The highest BCUT2D eigenvalue weighted by atomic mass is 15.1. The number of hydrogen-bond acceptors (Lipinski definition) is 2. The van der Waals surface area contributed by atoms with Gasteiger partial charge in [0.1, 0.15) is 0 Å². The van der Waals surface area contributed by atoms with E-state index in [0.717, 1.165) is 13.1 Å². The van der Waals surface area contributed by atoms with Crippen LogP contribution >= 0.6 is 0 Å². The predicted octanol–water partition coefficient (Wildman–Crippen LogP) is 1.07. The normalized spacial score (nSPS) is 31.8. The van der Waals surface area contributed by atoms with Gasteiger partial charge in [0, 0.05) is 25.2 Å². The molecule has 0 aromatic heterocycles. The summed E-state index contributed by atoms with van der Waals surface area (Å²) in [6, 6.07) is 0.917. The lowest BCUT2D eigenvalue weighted by Gasteiger charge is -2.29. The van der Waals surface area contributed by atoms with Crippen molar-refractivity contribution in [2.24, 2.45) is 0 Å². The minimum absolute atomic E-state index is 0.458. The van der Waals surface area contributed by atoms with Crippen LogP contribution < -0.4 is 10.6 Å². The van der Waals surface area contributed by atoms with Crippen LogP contribution in [-0.2, 0) is 0 Å². The van der Waals surface area contributed by atoms with Crippen molar-refractivity contribution in [2.75, 3.05) is 13.1 Å². The lowest BCUT2D eigenvalue weighted by atomic mass is 10.1. The molecule has 68 valence electrons. The minimum Gasteiger partial charge on any atom is -0.308 e. The largest absolute Gasteiger partial charge is 0.308 e. The van der Waals surface area contributed by atoms with Gasteiger partial charge in [-0.1, -0.05) is 24.3 Å². The topological polar surface area (TPSA) is 24.1 Å². The molecule has 12 heavy (non-hydrogen) atoms. The van der Waals surface area contributed by atoms with E-state index in [0.29, 0.717) is 12.1 Å². The average molecular weight is 166 g/mol. The molecular formula is C10H18N2. The van der Waals surface area contributed by atoms with Gasteiger partial charge in [-0.25, -0.2) is 0 Å². The first-order valence-electron chi connectivity index (χ1n) is 4.61. The third-order valence-corrected chi connectivity index (χ3v) is 2.07. The highest BCUT2D eigenvalue weighted by molar-refractivity contribution is 5.08. The third kappa shape index (κ3) is 2.47. The van der Waals surface area contributed by atoms with Crippen LogP contribution in [0.3, 0.4) is 0 Å². The van der Waals surface area contributed by atoms with Gasteiger partial charge in [-0.3, -0.25) is 0 Å². The van der Waals surface area contributed by atoms with Gasteiger partial charge in [0.15, 0.2) is 0 Å². The summed E-state index contributed by atoms with van der Waals surface area (Å²) in [5, 5.41) is 6.91. The molecule has 0 unspecified atom stereocenters. The molecule has 0 radical (unpaired) electrons. The predicted molar refractivity (Wildman–Crippen MR) is 53.2 cm³/mol. The van der Waals surface area contributed by atoms with Gasteiger partial charge in [0.2, 0.25) is 0 Å². The summed E-state index contributed by atoms with van der Waals surface area (Å²) < 4.78 is 0. The minimum atomic E-state index is 0.458. The van der Waals surface area contributed by atoms with Crippen LogP contribution in [0.5, 0.6) is 0 Å². The summed E-state index contributed by atoms with van der Waals surface area (Å²) in [5.41, 5.74) is 0. The van der Waals surface area contributed by atoms with Crippen molar-refractivity contribution in [1.82, 2.24) is 10.6 Å². The van der Waals surface area contributed by atoms with Crippen LogP contribution in [0.4, 0.5) is 0 Å². The fourth-order valence-corrected chi connectivity index (χ4v) is 1.52. The Labute approximate surface area is 74.7 Å². The van der Waals surface area contributed by atoms with Gasteiger partial charge in [0.25, 0.3) is 0 Å². The fourth-order valence-electron chi connectivity index (χ4n) is 1.52. The molecule has 2 N–H and O–H groups in total. The Morgan fingerprint density at radius 3 is 1.67 bits per heavy atom. The van der Waals surface area contributed by atoms with Gasteiger partial charge in [-0.15, -0.1) is 0 Å². The molecule has 0 aromatic carbocycles. The molecule has 0 saturated carbocycles. The summed E-state index contributed by atoms with van der Waals surface area (Å²) in [6.07, 6.45) is 8.61. The van der Waals surface area contributed by atoms with E-state index in [2.05, 4.69) is 48.8 Å². The molecule has 1 saturated heterocycles. The van der Waals surface area contributed by atoms with Crippen LogP contribution in [0.15, 0.2) is 24.3 Å². The SMILES string of the molecule is C/C=C/[C@H]1NCCN[C@@H]1/C=C/C. The summed E-state index contributed by atoms with van der Waals surface area (Å²) in [5.74, 6) is 0. The third-order valence-electron chi connectivity index (χ3n) is 2.07. The highest BCUT2D eigenvalue weighted by Gasteiger charge is 2.18. The number of piperazine rings is 1. The van der Waals surface area contributed by atoms with Gasteiger partial charge in [-0.2, -0.15) is 0 Å². The van der Waals surface area contributed by atoms with E-state index < -0.39 is 0 Å². The molecule has 2 heteroatoms. The summed E-state index contributed by atoms with van der Waals surface area (Å²) in [6.45, 7) is 6.23. The van der Waals surface area contributed by atoms with E-state index in [4.69, 9.17) is 0 Å². The molecule has 0 amide bonds. The van der Waals surface area contributed by atoms with Crippen LogP contribution in [0.2, 0.25) is 0 Å². The van der Waals surface area contributed by atoms with Crippen molar-refractivity contribution >= 4 is 0 Å². The van der Waals surface area contributed by atoms with Crippen LogP contribution in [-0.4, -0.2) is 25.2 Å². The quantitative estimate of drug-likeness (QED) is 0.600. The van der Waals surface area contributed by atoms with Crippen LogP contribution in [0, 0.1) is 0 Å². The van der Waals surface area contributed by atoms with Crippen molar-refractivity contribution in [3.05, 3.63) is 24.3 Å². The molecule has 1 aliphatic heterocycles. The Hall–Kier alpha value is -0.600. The zero-order chi connectivity index (χ0) is 8.81. The molecule has 1 rings (SSSR count). The van der Waals surface area contributed by atoms with E-state index in [9.17, 15) is 0 Å². The summed E-state index contributed by atoms with van der Waals surface area (Å²) >= 11 is 0. The Balaban J connectivity index is 2.53. The molecule has 2 atom stereocenters. The summed E-state index contributed by atoms with van der Waals surface area (Å²) in [4.78, 5) is 0. The first kappa shape index (κ1) is 9.49. The number of rotatable bonds is 2. The Kier molecular flexibility index (Phi) is 4.05. The molecule has 2 nitrogen and oxygen atoms in total. The van der Waals surface area contributed by atoms with Crippen LogP contribution in [0.25, 0.3) is 0 Å². The monoisotopic (exact) mass is 166 g/mol. The van der Waals surface area contributed by atoms with E-state index in [-0.39, 0.29) is 0 Å². The molecular weight excluding hydrogens is 148 g/mol. The zero-order valence-electron chi connectivity index (χ0n) is 7.88. The van der Waals surface area contributed by atoms with Gasteiger partial charge in [-0.05, 0) is 13.8 Å². The number of allylic oxidation sites excluding steroid dienone is 2. The molecule has 0 spiro atoms. The Bertz CT molecular complexity index is 153. The molecule has 1 fully saturated rings. The van der Waals surface area contributed by atoms with Crippen molar-refractivity contribution in [3.63, 3.8) is 0 Å². The van der Waals surface area contributed by atoms with E-state index in [1.165, 1.54) is 0 Å². The van der Waals surface area contributed by atoms with E-state index in [1.54, 1.807) is 0 Å². The smallest absolute Gasteiger partial charge is 0.0442 e. The molecule has 0 aliphatic carbocycles.